The third-order valence-corrected chi connectivity index (χ3v) is 2.81. The Bertz CT molecular complexity index is 379. The minimum Gasteiger partial charge on any atom is -0.431 e. The molecule has 1 aromatic carbocycles. The molecule has 1 aromatic rings. The summed E-state index contributed by atoms with van der Waals surface area (Å²) in [5.74, 6) is 0. The molecule has 2 rings (SSSR count). The van der Waals surface area contributed by atoms with E-state index in [9.17, 15) is 4.79 Å². The van der Waals surface area contributed by atoms with E-state index in [1.54, 1.807) is 0 Å². The van der Waals surface area contributed by atoms with Gasteiger partial charge in [-0.05, 0) is 18.1 Å². The molecule has 0 atom stereocenters. The Labute approximate surface area is 107 Å². The van der Waals surface area contributed by atoms with Crippen LogP contribution in [0.5, 0.6) is 0 Å². The average molecular weight is 249 g/mol. The Morgan fingerprint density at radius 1 is 1.28 bits per heavy atom. The second kappa shape index (κ2) is 6.40. The molecular formula is C14H17O4. The Morgan fingerprint density at radius 2 is 1.94 bits per heavy atom. The second-order valence-corrected chi connectivity index (χ2v) is 4.28. The fourth-order valence-corrected chi connectivity index (χ4v) is 1.74. The van der Waals surface area contributed by atoms with E-state index >= 15 is 0 Å². The van der Waals surface area contributed by atoms with Crippen molar-refractivity contribution in [1.29, 1.82) is 0 Å². The number of hydrogen-bond acceptors (Lipinski definition) is 4. The van der Waals surface area contributed by atoms with Crippen molar-refractivity contribution >= 4 is 6.16 Å². The van der Waals surface area contributed by atoms with Gasteiger partial charge in [-0.1, -0.05) is 24.3 Å². The molecule has 4 heteroatoms. The van der Waals surface area contributed by atoms with Crippen molar-refractivity contribution in [2.24, 2.45) is 0 Å². The molecule has 0 aliphatic carbocycles. The molecule has 18 heavy (non-hydrogen) atoms. The van der Waals surface area contributed by atoms with Gasteiger partial charge in [-0.25, -0.2) is 4.79 Å². The van der Waals surface area contributed by atoms with Gasteiger partial charge in [-0.3, -0.25) is 0 Å². The summed E-state index contributed by atoms with van der Waals surface area (Å²) in [5.41, 5.74) is 1.86. The van der Waals surface area contributed by atoms with Gasteiger partial charge in [0.25, 0.3) is 0 Å². The topological polar surface area (TPSA) is 44.8 Å². The van der Waals surface area contributed by atoms with Gasteiger partial charge in [-0.15, -0.1) is 0 Å². The molecule has 0 aromatic heterocycles. The summed E-state index contributed by atoms with van der Waals surface area (Å²) < 4.78 is 15.4. The summed E-state index contributed by atoms with van der Waals surface area (Å²) in [5, 5.41) is 0. The second-order valence-electron chi connectivity index (χ2n) is 4.28. The molecule has 0 saturated carbocycles. The van der Waals surface area contributed by atoms with Crippen LogP contribution in [0.25, 0.3) is 0 Å². The molecule has 1 aliphatic heterocycles. The lowest BCUT2D eigenvalue weighted by Gasteiger charge is -2.21. The molecule has 1 aliphatic rings. The van der Waals surface area contributed by atoms with Gasteiger partial charge >= 0.3 is 6.16 Å². The quantitative estimate of drug-likeness (QED) is 0.773. The van der Waals surface area contributed by atoms with E-state index in [-0.39, 0.29) is 12.7 Å². The van der Waals surface area contributed by atoms with Gasteiger partial charge in [0.1, 0.15) is 12.7 Å². The van der Waals surface area contributed by atoms with Gasteiger partial charge in [0.15, 0.2) is 0 Å². The lowest BCUT2D eigenvalue weighted by atomic mass is 10.2. The van der Waals surface area contributed by atoms with E-state index in [1.165, 1.54) is 0 Å². The van der Waals surface area contributed by atoms with Crippen molar-refractivity contribution in [3.8, 4) is 0 Å². The SMILES string of the molecule is [CH2]c1ccc(COC(=O)OC2CCOCC2)cc1. The van der Waals surface area contributed by atoms with Gasteiger partial charge in [0.2, 0.25) is 0 Å². The van der Waals surface area contributed by atoms with Crippen molar-refractivity contribution < 1.29 is 19.0 Å². The molecule has 4 nitrogen and oxygen atoms in total. The maximum absolute atomic E-state index is 11.5. The number of carbonyl (C=O) groups excluding carboxylic acids is 1. The Kier molecular flexibility index (Phi) is 4.59. The molecule has 0 N–H and O–H groups in total. The van der Waals surface area contributed by atoms with Crippen molar-refractivity contribution in [3.05, 3.63) is 42.3 Å². The van der Waals surface area contributed by atoms with Crippen LogP contribution in [0.15, 0.2) is 24.3 Å². The zero-order valence-electron chi connectivity index (χ0n) is 10.3. The highest BCUT2D eigenvalue weighted by Gasteiger charge is 2.18. The van der Waals surface area contributed by atoms with Crippen molar-refractivity contribution in [2.45, 2.75) is 25.6 Å². The fraction of sp³-hybridized carbons (Fsp3) is 0.429. The molecule has 0 spiro atoms. The number of benzene rings is 1. The molecule has 0 bridgehead atoms. The first kappa shape index (κ1) is 12.9. The smallest absolute Gasteiger partial charge is 0.431 e. The van der Waals surface area contributed by atoms with E-state index in [1.807, 2.05) is 24.3 Å². The predicted octanol–water partition coefficient (Wildman–Crippen LogP) is 2.70. The highest BCUT2D eigenvalue weighted by molar-refractivity contribution is 5.60. The summed E-state index contributed by atoms with van der Waals surface area (Å²) in [4.78, 5) is 11.5. The van der Waals surface area contributed by atoms with E-state index < -0.39 is 6.16 Å². The van der Waals surface area contributed by atoms with Crippen LogP contribution in [0.1, 0.15) is 24.0 Å². The van der Waals surface area contributed by atoms with Crippen LogP contribution in [0.3, 0.4) is 0 Å². The van der Waals surface area contributed by atoms with Crippen LogP contribution in [0.4, 0.5) is 4.79 Å². The minimum atomic E-state index is -0.611. The van der Waals surface area contributed by atoms with Crippen molar-refractivity contribution in [3.63, 3.8) is 0 Å². The zero-order valence-corrected chi connectivity index (χ0v) is 10.3. The standard InChI is InChI=1S/C14H17O4/c1-11-2-4-12(5-3-11)10-17-14(15)18-13-6-8-16-9-7-13/h2-5,13H,1,6-10H2. The number of rotatable bonds is 3. The van der Waals surface area contributed by atoms with E-state index in [0.717, 1.165) is 24.0 Å². The van der Waals surface area contributed by atoms with Gasteiger partial charge < -0.3 is 14.2 Å². The van der Waals surface area contributed by atoms with Gasteiger partial charge in [0.05, 0.1) is 13.2 Å². The number of hydrogen-bond donors (Lipinski definition) is 0. The van der Waals surface area contributed by atoms with Crippen molar-refractivity contribution in [2.75, 3.05) is 13.2 Å². The Balaban J connectivity index is 1.72. The maximum atomic E-state index is 11.5. The Morgan fingerprint density at radius 3 is 2.61 bits per heavy atom. The van der Waals surface area contributed by atoms with E-state index in [4.69, 9.17) is 14.2 Å². The summed E-state index contributed by atoms with van der Waals surface area (Å²) >= 11 is 0. The lowest BCUT2D eigenvalue weighted by Crippen LogP contribution is -2.26. The average Bonchev–Trinajstić information content (AvgIpc) is 2.39. The number of ether oxygens (including phenoxy) is 3. The molecule has 0 unspecified atom stereocenters. The predicted molar refractivity (Wildman–Crippen MR) is 66.0 cm³/mol. The molecule has 0 amide bonds. The zero-order chi connectivity index (χ0) is 12.8. The maximum Gasteiger partial charge on any atom is 0.508 e. The molecule has 1 fully saturated rings. The molecule has 1 saturated heterocycles. The van der Waals surface area contributed by atoms with Crippen molar-refractivity contribution in [1.82, 2.24) is 0 Å². The third-order valence-electron chi connectivity index (χ3n) is 2.81. The molecular weight excluding hydrogens is 232 g/mol. The van der Waals surface area contributed by atoms with Crippen LogP contribution < -0.4 is 0 Å². The normalized spacial score (nSPS) is 16.3. The first-order valence-corrected chi connectivity index (χ1v) is 6.06. The largest absolute Gasteiger partial charge is 0.508 e. The first-order chi connectivity index (χ1) is 8.74. The summed E-state index contributed by atoms with van der Waals surface area (Å²) in [7, 11) is 0. The molecule has 97 valence electrons. The molecule has 1 heterocycles. The Hall–Kier alpha value is -1.55. The fourth-order valence-electron chi connectivity index (χ4n) is 1.74. The van der Waals surface area contributed by atoms with Crippen LogP contribution in [-0.4, -0.2) is 25.5 Å². The summed E-state index contributed by atoms with van der Waals surface area (Å²) in [6, 6.07) is 7.51. The monoisotopic (exact) mass is 249 g/mol. The van der Waals surface area contributed by atoms with Crippen LogP contribution in [0, 0.1) is 6.92 Å². The lowest BCUT2D eigenvalue weighted by molar-refractivity contribution is -0.0298. The van der Waals surface area contributed by atoms with Crippen LogP contribution in [0.2, 0.25) is 0 Å². The number of carbonyl (C=O) groups is 1. The highest BCUT2D eigenvalue weighted by Crippen LogP contribution is 2.12. The van der Waals surface area contributed by atoms with Gasteiger partial charge in [0, 0.05) is 12.8 Å². The third kappa shape index (κ3) is 4.04. The van der Waals surface area contributed by atoms with E-state index in [0.29, 0.717) is 13.2 Å². The molecule has 1 radical (unpaired) electrons. The minimum absolute atomic E-state index is 0.0755. The van der Waals surface area contributed by atoms with E-state index in [2.05, 4.69) is 6.92 Å². The highest BCUT2D eigenvalue weighted by atomic mass is 16.7. The van der Waals surface area contributed by atoms with Crippen LogP contribution >= 0.6 is 0 Å². The first-order valence-electron chi connectivity index (χ1n) is 6.06. The van der Waals surface area contributed by atoms with Crippen LogP contribution in [-0.2, 0) is 20.8 Å². The summed E-state index contributed by atoms with van der Waals surface area (Å²) in [6.45, 7) is 5.30. The summed E-state index contributed by atoms with van der Waals surface area (Å²) in [6.07, 6.45) is 0.797. The van der Waals surface area contributed by atoms with Gasteiger partial charge in [-0.2, -0.15) is 0 Å².